The van der Waals surface area contributed by atoms with Crippen molar-refractivity contribution in [1.82, 2.24) is 4.31 Å². The van der Waals surface area contributed by atoms with Crippen molar-refractivity contribution in [2.45, 2.75) is 17.6 Å². The Bertz CT molecular complexity index is 869. The second-order valence-corrected chi connectivity index (χ2v) is 7.08. The van der Waals surface area contributed by atoms with Crippen LogP contribution in [0.1, 0.15) is 16.7 Å². The van der Waals surface area contributed by atoms with Crippen molar-refractivity contribution in [3.05, 3.63) is 65.2 Å². The number of sulfonamides is 1. The minimum atomic E-state index is -4.76. The first-order valence-electron chi connectivity index (χ1n) is 6.78. The molecule has 0 heterocycles. The predicted molar refractivity (Wildman–Crippen MR) is 81.3 cm³/mol. The third kappa shape index (κ3) is 3.75. The number of halogens is 3. The number of alkyl halides is 3. The molecule has 2 rings (SSSR count). The molecule has 0 N–H and O–H groups in total. The number of nitriles is 1. The fourth-order valence-electron chi connectivity index (χ4n) is 2.12. The molecule has 0 bridgehead atoms. The quantitative estimate of drug-likeness (QED) is 0.845. The lowest BCUT2D eigenvalue weighted by Crippen LogP contribution is -2.28. The summed E-state index contributed by atoms with van der Waals surface area (Å²) in [7, 11) is -3.11. The van der Waals surface area contributed by atoms with Crippen LogP contribution in [0.4, 0.5) is 13.2 Å². The number of hydrogen-bond acceptors (Lipinski definition) is 3. The van der Waals surface area contributed by atoms with Crippen LogP contribution in [0.2, 0.25) is 0 Å². The average Bonchev–Trinajstić information content (AvgIpc) is 2.54. The Morgan fingerprint density at radius 2 is 1.67 bits per heavy atom. The summed E-state index contributed by atoms with van der Waals surface area (Å²) in [6.45, 7) is -0.111. The highest BCUT2D eigenvalue weighted by molar-refractivity contribution is 7.89. The van der Waals surface area contributed by atoms with E-state index >= 15 is 0 Å². The minimum Gasteiger partial charge on any atom is -0.207 e. The normalized spacial score (nSPS) is 12.2. The van der Waals surface area contributed by atoms with Gasteiger partial charge in [-0.1, -0.05) is 24.3 Å². The third-order valence-corrected chi connectivity index (χ3v) is 5.23. The molecule has 0 aliphatic carbocycles. The molecule has 0 atom stereocenters. The first kappa shape index (κ1) is 18.0. The van der Waals surface area contributed by atoms with Gasteiger partial charge in [-0.3, -0.25) is 0 Å². The van der Waals surface area contributed by atoms with Gasteiger partial charge in [-0.05, 0) is 29.8 Å². The van der Waals surface area contributed by atoms with Crippen molar-refractivity contribution in [2.24, 2.45) is 0 Å². The molecule has 0 fully saturated rings. The van der Waals surface area contributed by atoms with Crippen LogP contribution in [0.25, 0.3) is 0 Å². The van der Waals surface area contributed by atoms with E-state index in [9.17, 15) is 21.6 Å². The van der Waals surface area contributed by atoms with Crippen LogP contribution in [-0.4, -0.2) is 19.8 Å². The maximum absolute atomic E-state index is 13.0. The summed E-state index contributed by atoms with van der Waals surface area (Å²) < 4.78 is 65.0. The zero-order valence-corrected chi connectivity index (χ0v) is 13.4. The molecule has 0 radical (unpaired) electrons. The average molecular weight is 354 g/mol. The molecule has 0 aliphatic heterocycles. The zero-order chi connectivity index (χ0) is 18.0. The largest absolute Gasteiger partial charge is 0.417 e. The van der Waals surface area contributed by atoms with Gasteiger partial charge < -0.3 is 0 Å². The first-order valence-corrected chi connectivity index (χ1v) is 8.22. The lowest BCUT2D eigenvalue weighted by molar-refractivity contribution is -0.139. The molecular weight excluding hydrogens is 341 g/mol. The molecule has 0 aliphatic rings. The Kier molecular flexibility index (Phi) is 4.96. The SMILES string of the molecule is CN(Cc1ccc(C#N)cc1)S(=O)(=O)c1ccccc1C(F)(F)F. The Labute approximate surface area is 137 Å². The Morgan fingerprint density at radius 3 is 2.21 bits per heavy atom. The second-order valence-electron chi connectivity index (χ2n) is 5.06. The summed E-state index contributed by atoms with van der Waals surface area (Å²) in [5.41, 5.74) is -0.229. The van der Waals surface area contributed by atoms with E-state index in [-0.39, 0.29) is 6.54 Å². The summed E-state index contributed by atoms with van der Waals surface area (Å²) in [5, 5.41) is 8.73. The van der Waals surface area contributed by atoms with Crippen LogP contribution < -0.4 is 0 Å². The highest BCUT2D eigenvalue weighted by Crippen LogP contribution is 2.35. The lowest BCUT2D eigenvalue weighted by Gasteiger charge is -2.20. The van der Waals surface area contributed by atoms with E-state index in [0.29, 0.717) is 11.1 Å². The van der Waals surface area contributed by atoms with E-state index in [1.807, 2.05) is 6.07 Å². The smallest absolute Gasteiger partial charge is 0.207 e. The molecule has 8 heteroatoms. The van der Waals surface area contributed by atoms with Crippen molar-refractivity contribution >= 4 is 10.0 Å². The number of hydrogen-bond donors (Lipinski definition) is 0. The minimum absolute atomic E-state index is 0.111. The van der Waals surface area contributed by atoms with Gasteiger partial charge >= 0.3 is 6.18 Å². The van der Waals surface area contributed by atoms with Gasteiger partial charge in [0, 0.05) is 13.6 Å². The Balaban J connectivity index is 2.35. The van der Waals surface area contributed by atoms with Crippen LogP contribution in [0.15, 0.2) is 53.4 Å². The molecule has 0 spiro atoms. The van der Waals surface area contributed by atoms with Gasteiger partial charge in [-0.2, -0.15) is 22.7 Å². The highest BCUT2D eigenvalue weighted by Gasteiger charge is 2.38. The van der Waals surface area contributed by atoms with Crippen molar-refractivity contribution in [1.29, 1.82) is 5.26 Å². The van der Waals surface area contributed by atoms with Gasteiger partial charge in [0.25, 0.3) is 0 Å². The first-order chi connectivity index (χ1) is 11.2. The second kappa shape index (κ2) is 6.63. The molecule has 0 saturated carbocycles. The van der Waals surface area contributed by atoms with Gasteiger partial charge in [0.2, 0.25) is 10.0 Å². The molecule has 0 aromatic heterocycles. The van der Waals surface area contributed by atoms with Crippen molar-refractivity contribution in [3.8, 4) is 6.07 Å². The molecular formula is C16H13F3N2O2S. The Morgan fingerprint density at radius 1 is 1.08 bits per heavy atom. The van der Waals surface area contributed by atoms with Crippen LogP contribution in [0, 0.1) is 11.3 Å². The third-order valence-electron chi connectivity index (χ3n) is 3.37. The number of rotatable bonds is 4. The number of benzene rings is 2. The highest BCUT2D eigenvalue weighted by atomic mass is 32.2. The fourth-order valence-corrected chi connectivity index (χ4v) is 3.49. The van der Waals surface area contributed by atoms with Gasteiger partial charge in [0.15, 0.2) is 0 Å². The standard InChI is InChI=1S/C16H13F3N2O2S/c1-21(11-13-8-6-12(10-20)7-9-13)24(22,23)15-5-3-2-4-14(15)16(17,18)19/h2-9H,11H2,1H3. The molecule has 0 saturated heterocycles. The maximum atomic E-state index is 13.0. The molecule has 126 valence electrons. The van der Waals surface area contributed by atoms with E-state index in [2.05, 4.69) is 0 Å². The van der Waals surface area contributed by atoms with Crippen LogP contribution in [0.3, 0.4) is 0 Å². The maximum Gasteiger partial charge on any atom is 0.417 e. The fraction of sp³-hybridized carbons (Fsp3) is 0.188. The van der Waals surface area contributed by atoms with Crippen molar-refractivity contribution in [3.63, 3.8) is 0 Å². The molecule has 2 aromatic rings. The van der Waals surface area contributed by atoms with E-state index in [1.54, 1.807) is 12.1 Å². The monoisotopic (exact) mass is 354 g/mol. The molecule has 4 nitrogen and oxygen atoms in total. The lowest BCUT2D eigenvalue weighted by atomic mass is 10.1. The van der Waals surface area contributed by atoms with E-state index in [1.165, 1.54) is 25.2 Å². The molecule has 2 aromatic carbocycles. The van der Waals surface area contributed by atoms with Gasteiger partial charge in [0.1, 0.15) is 0 Å². The summed E-state index contributed by atoms with van der Waals surface area (Å²) in [6, 6.07) is 12.1. The van der Waals surface area contributed by atoms with E-state index in [0.717, 1.165) is 22.5 Å². The predicted octanol–water partition coefficient (Wildman–Crippen LogP) is 3.40. The summed E-state index contributed by atoms with van der Waals surface area (Å²) in [5.74, 6) is 0. The van der Waals surface area contributed by atoms with Gasteiger partial charge in [-0.15, -0.1) is 0 Å². The van der Waals surface area contributed by atoms with Gasteiger partial charge in [-0.25, -0.2) is 8.42 Å². The zero-order valence-electron chi connectivity index (χ0n) is 12.6. The topological polar surface area (TPSA) is 61.2 Å². The summed E-state index contributed by atoms with van der Waals surface area (Å²) in [6.07, 6.45) is -4.76. The number of nitrogens with zero attached hydrogens (tertiary/aromatic N) is 2. The van der Waals surface area contributed by atoms with Crippen LogP contribution in [-0.2, 0) is 22.7 Å². The molecule has 0 unspecified atom stereocenters. The molecule has 24 heavy (non-hydrogen) atoms. The van der Waals surface area contributed by atoms with E-state index in [4.69, 9.17) is 5.26 Å². The van der Waals surface area contributed by atoms with E-state index < -0.39 is 26.7 Å². The van der Waals surface area contributed by atoms with Crippen LogP contribution >= 0.6 is 0 Å². The summed E-state index contributed by atoms with van der Waals surface area (Å²) >= 11 is 0. The molecule has 0 amide bonds. The van der Waals surface area contributed by atoms with Crippen molar-refractivity contribution < 1.29 is 21.6 Å². The van der Waals surface area contributed by atoms with Crippen LogP contribution in [0.5, 0.6) is 0 Å². The van der Waals surface area contributed by atoms with Crippen molar-refractivity contribution in [2.75, 3.05) is 7.05 Å². The Hall–Kier alpha value is -2.37. The summed E-state index contributed by atoms with van der Waals surface area (Å²) in [4.78, 5) is -0.784. The van der Waals surface area contributed by atoms with Gasteiger partial charge in [0.05, 0.1) is 22.1 Å².